The average Bonchev–Trinajstić information content (AvgIpc) is 2.72. The highest BCUT2D eigenvalue weighted by molar-refractivity contribution is 6.17. The first-order valence-corrected chi connectivity index (χ1v) is 9.52. The fraction of sp³-hybridized carbons (Fsp3) is 0.348. The maximum absolute atomic E-state index is 12.8. The van der Waals surface area contributed by atoms with E-state index in [4.69, 9.17) is 9.47 Å². The molecule has 0 saturated heterocycles. The minimum Gasteiger partial charge on any atom is -0.480 e. The van der Waals surface area contributed by atoms with Crippen LogP contribution in [0.25, 0.3) is 0 Å². The Balaban J connectivity index is 2.21. The maximum atomic E-state index is 12.8. The van der Waals surface area contributed by atoms with Gasteiger partial charge in [-0.05, 0) is 29.9 Å². The number of carboxylic acid groups (broad SMARTS) is 1. The minimum atomic E-state index is -2.40. The van der Waals surface area contributed by atoms with Crippen LogP contribution in [0, 0.1) is 11.3 Å². The summed E-state index contributed by atoms with van der Waals surface area (Å²) in [6.45, 7) is 3.53. The fourth-order valence-electron chi connectivity index (χ4n) is 2.77. The van der Waals surface area contributed by atoms with Crippen molar-refractivity contribution in [3.63, 3.8) is 0 Å². The van der Waals surface area contributed by atoms with E-state index in [0.29, 0.717) is 17.5 Å². The summed E-state index contributed by atoms with van der Waals surface area (Å²) >= 11 is 0. The van der Waals surface area contributed by atoms with Crippen LogP contribution in [0.3, 0.4) is 0 Å². The number of aliphatic carboxylic acids is 1. The lowest BCUT2D eigenvalue weighted by Gasteiger charge is -2.26. The van der Waals surface area contributed by atoms with Crippen LogP contribution in [-0.4, -0.2) is 23.0 Å². The van der Waals surface area contributed by atoms with Crippen LogP contribution in [0.2, 0.25) is 0 Å². The van der Waals surface area contributed by atoms with Crippen molar-refractivity contribution in [2.24, 2.45) is 11.3 Å². The molecule has 2 aromatic carbocycles. The smallest absolute Gasteiger partial charge is 0.335 e. The van der Waals surface area contributed by atoms with Gasteiger partial charge in [0, 0.05) is 0 Å². The topological polar surface area (TPSA) is 89.9 Å². The second kappa shape index (κ2) is 10.4. The zero-order chi connectivity index (χ0) is 21.3. The third-order valence-electron chi connectivity index (χ3n) is 4.58. The number of hydrogen-bond donors (Lipinski definition) is 1. The molecule has 0 unspecified atom stereocenters. The van der Waals surface area contributed by atoms with Crippen molar-refractivity contribution in [3.05, 3.63) is 71.8 Å². The largest absolute Gasteiger partial charge is 0.480 e. The number of carbonyl (C=O) groups is 3. The summed E-state index contributed by atoms with van der Waals surface area (Å²) in [5, 5.41) is 9.87. The SMILES string of the molecule is CC(C)CCC(C(=O)O)(C(=O)OCc1ccccc1)C(=O)OCc1ccccc1. The molecule has 0 spiro atoms. The molecule has 0 heterocycles. The van der Waals surface area contributed by atoms with E-state index < -0.39 is 23.3 Å². The highest BCUT2D eigenvalue weighted by atomic mass is 16.6. The van der Waals surface area contributed by atoms with Crippen LogP contribution in [0.1, 0.15) is 37.8 Å². The lowest BCUT2D eigenvalue weighted by Crippen LogP contribution is -2.48. The van der Waals surface area contributed by atoms with Crippen molar-refractivity contribution in [2.45, 2.75) is 39.9 Å². The molecule has 6 nitrogen and oxygen atoms in total. The van der Waals surface area contributed by atoms with Crippen LogP contribution >= 0.6 is 0 Å². The number of carbonyl (C=O) groups excluding carboxylic acids is 2. The third-order valence-corrected chi connectivity index (χ3v) is 4.58. The Morgan fingerprint density at radius 1 is 0.828 bits per heavy atom. The monoisotopic (exact) mass is 398 g/mol. The van der Waals surface area contributed by atoms with Gasteiger partial charge in [0.15, 0.2) is 0 Å². The highest BCUT2D eigenvalue weighted by Gasteiger charge is 2.56. The van der Waals surface area contributed by atoms with E-state index in [9.17, 15) is 19.5 Å². The molecule has 0 amide bonds. The summed E-state index contributed by atoms with van der Waals surface area (Å²) in [4.78, 5) is 37.8. The van der Waals surface area contributed by atoms with E-state index in [2.05, 4.69) is 0 Å². The van der Waals surface area contributed by atoms with Gasteiger partial charge in [-0.15, -0.1) is 0 Å². The molecule has 0 aliphatic rings. The van der Waals surface area contributed by atoms with Gasteiger partial charge in [0.25, 0.3) is 5.41 Å². The van der Waals surface area contributed by atoms with Gasteiger partial charge in [-0.25, -0.2) is 0 Å². The van der Waals surface area contributed by atoms with E-state index in [1.807, 2.05) is 26.0 Å². The number of ether oxygens (including phenoxy) is 2. The molecule has 0 bridgehead atoms. The van der Waals surface area contributed by atoms with Gasteiger partial charge in [0.05, 0.1) is 0 Å². The second-order valence-electron chi connectivity index (χ2n) is 7.27. The molecule has 29 heavy (non-hydrogen) atoms. The molecule has 0 aliphatic heterocycles. The first kappa shape index (κ1) is 22.1. The van der Waals surface area contributed by atoms with E-state index >= 15 is 0 Å². The molecule has 0 saturated carbocycles. The number of hydrogen-bond acceptors (Lipinski definition) is 5. The molecular weight excluding hydrogens is 372 g/mol. The standard InChI is InChI=1S/C23H26O6/c1-17(2)13-14-23(20(24)25,21(26)28-15-18-9-5-3-6-10-18)22(27)29-16-19-11-7-4-8-12-19/h3-12,17H,13-16H2,1-2H3,(H,24,25). The van der Waals surface area contributed by atoms with Crippen molar-refractivity contribution in [1.82, 2.24) is 0 Å². The van der Waals surface area contributed by atoms with Crippen LogP contribution in [0.5, 0.6) is 0 Å². The van der Waals surface area contributed by atoms with Crippen molar-refractivity contribution in [1.29, 1.82) is 0 Å². The quantitative estimate of drug-likeness (QED) is 0.481. The lowest BCUT2D eigenvalue weighted by atomic mass is 9.81. The van der Waals surface area contributed by atoms with Gasteiger partial charge in [-0.1, -0.05) is 74.5 Å². The predicted octanol–water partition coefficient (Wildman–Crippen LogP) is 3.98. The van der Waals surface area contributed by atoms with Crippen LogP contribution < -0.4 is 0 Å². The van der Waals surface area contributed by atoms with Gasteiger partial charge >= 0.3 is 17.9 Å². The molecule has 0 fully saturated rings. The summed E-state index contributed by atoms with van der Waals surface area (Å²) in [5.74, 6) is -3.67. The predicted molar refractivity (Wildman–Crippen MR) is 107 cm³/mol. The van der Waals surface area contributed by atoms with Crippen LogP contribution in [-0.2, 0) is 37.1 Å². The van der Waals surface area contributed by atoms with Gasteiger partial charge < -0.3 is 14.6 Å². The molecule has 0 aromatic heterocycles. The van der Waals surface area contributed by atoms with Crippen LogP contribution in [0.15, 0.2) is 60.7 Å². The summed E-state index contributed by atoms with van der Waals surface area (Å²) in [6.07, 6.45) is 0.161. The van der Waals surface area contributed by atoms with E-state index in [-0.39, 0.29) is 25.6 Å². The molecule has 0 radical (unpaired) electrons. The molecular formula is C23H26O6. The molecule has 0 aliphatic carbocycles. The molecule has 6 heteroatoms. The Morgan fingerprint density at radius 2 is 1.24 bits per heavy atom. The lowest BCUT2D eigenvalue weighted by molar-refractivity contribution is -0.183. The first-order chi connectivity index (χ1) is 13.9. The summed E-state index contributed by atoms with van der Waals surface area (Å²) < 4.78 is 10.5. The summed E-state index contributed by atoms with van der Waals surface area (Å²) in [6, 6.07) is 17.7. The number of esters is 2. The van der Waals surface area contributed by atoms with E-state index in [0.717, 1.165) is 0 Å². The van der Waals surface area contributed by atoms with Gasteiger partial charge in [-0.3, -0.25) is 14.4 Å². The molecule has 2 rings (SSSR count). The Morgan fingerprint density at radius 3 is 1.59 bits per heavy atom. The molecule has 2 aromatic rings. The first-order valence-electron chi connectivity index (χ1n) is 9.52. The molecule has 154 valence electrons. The van der Waals surface area contributed by atoms with Crippen molar-refractivity contribution < 1.29 is 29.0 Å². The third kappa shape index (κ3) is 5.91. The minimum absolute atomic E-state index is 0.0950. The number of benzene rings is 2. The Kier molecular flexibility index (Phi) is 7.95. The van der Waals surface area contributed by atoms with Crippen molar-refractivity contribution >= 4 is 17.9 Å². The van der Waals surface area contributed by atoms with Gasteiger partial charge in [0.2, 0.25) is 0 Å². The zero-order valence-corrected chi connectivity index (χ0v) is 16.7. The Bertz CT molecular complexity index is 758. The number of carboxylic acids is 1. The molecule has 0 atom stereocenters. The number of rotatable bonds is 10. The zero-order valence-electron chi connectivity index (χ0n) is 16.7. The fourth-order valence-corrected chi connectivity index (χ4v) is 2.77. The molecule has 1 N–H and O–H groups in total. The van der Waals surface area contributed by atoms with E-state index in [1.54, 1.807) is 48.5 Å². The van der Waals surface area contributed by atoms with Crippen molar-refractivity contribution in [2.75, 3.05) is 0 Å². The maximum Gasteiger partial charge on any atom is 0.335 e. The average molecular weight is 398 g/mol. The van der Waals surface area contributed by atoms with Crippen LogP contribution in [0.4, 0.5) is 0 Å². The summed E-state index contributed by atoms with van der Waals surface area (Å²) in [7, 11) is 0. The second-order valence-corrected chi connectivity index (χ2v) is 7.27. The summed E-state index contributed by atoms with van der Waals surface area (Å²) in [5.41, 5.74) is -1.00. The Hall–Kier alpha value is -3.15. The highest BCUT2D eigenvalue weighted by Crippen LogP contribution is 2.31. The van der Waals surface area contributed by atoms with Crippen molar-refractivity contribution in [3.8, 4) is 0 Å². The van der Waals surface area contributed by atoms with Gasteiger partial charge in [0.1, 0.15) is 13.2 Å². The van der Waals surface area contributed by atoms with Gasteiger partial charge in [-0.2, -0.15) is 0 Å². The Labute approximate surface area is 170 Å². The van der Waals surface area contributed by atoms with E-state index in [1.165, 1.54) is 0 Å². The normalized spacial score (nSPS) is 11.1.